The zero-order valence-corrected chi connectivity index (χ0v) is 12.7. The largest absolute Gasteiger partial charge is 0.451 e. The zero-order chi connectivity index (χ0) is 18.9. The monoisotopic (exact) mass is 354 g/mol. The van der Waals surface area contributed by atoms with Crippen LogP contribution in [-0.4, -0.2) is 22.1 Å². The van der Waals surface area contributed by atoms with Gasteiger partial charge >= 0.3 is 24.0 Å². The van der Waals surface area contributed by atoms with Gasteiger partial charge in [0.1, 0.15) is 5.60 Å². The molecule has 0 heterocycles. The van der Waals surface area contributed by atoms with Gasteiger partial charge in [0.25, 0.3) is 0 Å². The van der Waals surface area contributed by atoms with E-state index in [1.165, 1.54) is 20.8 Å². The van der Waals surface area contributed by atoms with Gasteiger partial charge < -0.3 is 10.3 Å². The number of hydrogen-bond donors (Lipinski definition) is 0. The highest BCUT2D eigenvalue weighted by atomic mass is 19.4. The van der Waals surface area contributed by atoms with Crippen molar-refractivity contribution in [2.45, 2.75) is 38.7 Å². The molecule has 0 fully saturated rings. The first-order valence-corrected chi connectivity index (χ1v) is 6.40. The lowest BCUT2D eigenvalue weighted by Crippen LogP contribution is -2.30. The Bertz CT molecular complexity index is 662. The lowest BCUT2D eigenvalue weighted by atomic mass is 10.0. The summed E-state index contributed by atoms with van der Waals surface area (Å²) in [5.74, 6) is -1.36. The van der Waals surface area contributed by atoms with Gasteiger partial charge in [0.2, 0.25) is 0 Å². The topological polar surface area (TPSA) is 62.7 Å². The first-order chi connectivity index (χ1) is 10.6. The van der Waals surface area contributed by atoms with Gasteiger partial charge in [-0.1, -0.05) is 0 Å². The van der Waals surface area contributed by atoms with E-state index in [2.05, 4.69) is 4.79 Å². The number of benzene rings is 1. The molecule has 0 atom stereocenters. The van der Waals surface area contributed by atoms with Crippen molar-refractivity contribution in [2.75, 3.05) is 0 Å². The van der Waals surface area contributed by atoms with Crippen LogP contribution in [0, 0.1) is 0 Å². The van der Waals surface area contributed by atoms with Gasteiger partial charge in [-0.05, 0) is 39.0 Å². The third-order valence-corrected chi connectivity index (χ3v) is 2.55. The Morgan fingerprint density at radius 1 is 0.958 bits per heavy atom. The van der Waals surface area contributed by atoms with Crippen LogP contribution in [0.1, 0.15) is 37.5 Å². The maximum absolute atomic E-state index is 12.8. The van der Waals surface area contributed by atoms with Crippen LogP contribution in [0.2, 0.25) is 0 Å². The van der Waals surface area contributed by atoms with Gasteiger partial charge in [-0.3, -0.25) is 0 Å². The first kappa shape index (κ1) is 19.7. The molecule has 0 saturated carbocycles. The molecule has 132 valence electrons. The Morgan fingerprint density at radius 3 is 1.67 bits per heavy atom. The van der Waals surface area contributed by atoms with E-state index in [1.54, 1.807) is 0 Å². The molecule has 0 unspecified atom stereocenters. The molecule has 24 heavy (non-hydrogen) atoms. The minimum Gasteiger partial charge on any atom is -0.451 e. The van der Waals surface area contributed by atoms with Crippen LogP contribution in [-0.2, 0) is 21.9 Å². The summed E-state index contributed by atoms with van der Waals surface area (Å²) in [6.45, 7) is 4.27. The van der Waals surface area contributed by atoms with Crippen molar-refractivity contribution in [1.82, 2.24) is 0 Å². The second kappa shape index (κ2) is 6.27. The lowest BCUT2D eigenvalue weighted by molar-refractivity contribution is -0.151. The number of esters is 1. The normalized spacial score (nSPS) is 12.5. The molecule has 1 aromatic carbocycles. The van der Waals surface area contributed by atoms with Crippen molar-refractivity contribution in [2.24, 2.45) is 0 Å². The van der Waals surface area contributed by atoms with Crippen LogP contribution >= 0.6 is 0 Å². The first-order valence-electron chi connectivity index (χ1n) is 6.40. The van der Waals surface area contributed by atoms with Crippen molar-refractivity contribution in [3.05, 3.63) is 40.4 Å². The van der Waals surface area contributed by atoms with Crippen LogP contribution in [0.15, 0.2) is 18.2 Å². The van der Waals surface area contributed by atoms with Gasteiger partial charge in [-0.25, -0.2) is 4.79 Å². The van der Waals surface area contributed by atoms with Crippen LogP contribution < -0.4 is 0 Å². The summed E-state index contributed by atoms with van der Waals surface area (Å²) in [5, 5.41) is 0. The Balaban J connectivity index is 3.51. The molecule has 0 bridgehead atoms. The fraction of sp³-hybridized carbons (Fsp3) is 0.429. The number of carbonyl (C=O) groups is 1. The van der Waals surface area contributed by atoms with Gasteiger partial charge in [0, 0.05) is 0 Å². The predicted octanol–water partition coefficient (Wildman–Crippen LogP) is 4.08. The molecule has 0 radical (unpaired) electrons. The van der Waals surface area contributed by atoms with Crippen molar-refractivity contribution in [3.63, 3.8) is 0 Å². The number of ether oxygens (including phenoxy) is 1. The van der Waals surface area contributed by atoms with E-state index in [4.69, 9.17) is 10.3 Å². The smallest absolute Gasteiger partial charge is 0.422 e. The van der Waals surface area contributed by atoms with E-state index in [0.29, 0.717) is 0 Å². The van der Waals surface area contributed by atoms with Crippen molar-refractivity contribution in [3.8, 4) is 0 Å². The zero-order valence-electron chi connectivity index (χ0n) is 12.7. The van der Waals surface area contributed by atoms with E-state index in [9.17, 15) is 31.1 Å². The minimum absolute atomic E-state index is 0.104. The third kappa shape index (κ3) is 5.09. The van der Waals surface area contributed by atoms with Crippen LogP contribution in [0.3, 0.4) is 0 Å². The summed E-state index contributed by atoms with van der Waals surface area (Å²) >= 11 is 0. The molecule has 0 aliphatic rings. The molecule has 4 nitrogen and oxygen atoms in total. The van der Waals surface area contributed by atoms with E-state index in [-0.39, 0.29) is 18.2 Å². The summed E-state index contributed by atoms with van der Waals surface area (Å²) in [7, 11) is 0. The quantitative estimate of drug-likeness (QED) is 0.264. The molecule has 1 aromatic rings. The molecule has 0 amide bonds. The second-order valence-corrected chi connectivity index (χ2v) is 5.75. The molecule has 1 rings (SSSR count). The summed E-state index contributed by atoms with van der Waals surface area (Å²) in [6, 6.07) is 0.440. The average Bonchev–Trinajstić information content (AvgIpc) is 2.35. The van der Waals surface area contributed by atoms with Gasteiger partial charge in [0.05, 0.1) is 16.7 Å². The van der Waals surface area contributed by atoms with Gasteiger partial charge in [0.15, 0.2) is 0 Å². The molecular formula is C14H12F6N2O2. The van der Waals surface area contributed by atoms with E-state index in [0.717, 1.165) is 0 Å². The highest BCUT2D eigenvalue weighted by Gasteiger charge is 2.39. The van der Waals surface area contributed by atoms with Gasteiger partial charge in [-0.2, -0.15) is 31.1 Å². The lowest BCUT2D eigenvalue weighted by Gasteiger charge is -2.18. The number of nitrogens with zero attached hydrogens (tertiary/aromatic N) is 2. The summed E-state index contributed by atoms with van der Waals surface area (Å²) in [4.78, 5) is 14.3. The molecular weight excluding hydrogens is 342 g/mol. The molecule has 0 aromatic heterocycles. The highest BCUT2D eigenvalue weighted by Crippen LogP contribution is 2.36. The molecule has 0 N–H and O–H groups in total. The van der Waals surface area contributed by atoms with Crippen molar-refractivity contribution in [1.29, 1.82) is 0 Å². The molecule has 0 spiro atoms. The highest BCUT2D eigenvalue weighted by molar-refractivity contribution is 6.40. The third-order valence-electron chi connectivity index (χ3n) is 2.55. The fourth-order valence-electron chi connectivity index (χ4n) is 1.63. The van der Waals surface area contributed by atoms with Crippen molar-refractivity contribution >= 4 is 11.7 Å². The summed E-state index contributed by atoms with van der Waals surface area (Å²) < 4.78 is 81.5. The number of carbonyl (C=O) groups excluding carboxylic acids is 1. The maximum atomic E-state index is 12.8. The second-order valence-electron chi connectivity index (χ2n) is 5.75. The van der Waals surface area contributed by atoms with Crippen LogP contribution in [0.25, 0.3) is 5.53 Å². The Morgan fingerprint density at radius 2 is 1.38 bits per heavy atom. The molecule has 0 saturated heterocycles. The van der Waals surface area contributed by atoms with E-state index in [1.807, 2.05) is 0 Å². The summed E-state index contributed by atoms with van der Waals surface area (Å²) in [5.41, 5.74) is 2.54. The molecule has 0 aliphatic carbocycles. The Labute approximate surface area is 132 Å². The Hall–Kier alpha value is -2.35. The molecule has 10 heteroatoms. The van der Waals surface area contributed by atoms with E-state index < -0.39 is 46.3 Å². The fourth-order valence-corrected chi connectivity index (χ4v) is 1.63. The number of halogens is 6. The average molecular weight is 354 g/mol. The SMILES string of the molecule is CC(C)(C)OC(=O)C(=[N+]=[N-])c1cc(C(F)(F)F)cc(C(F)(F)F)c1. The number of rotatable bonds is 2. The standard InChI is InChI=1S/C14H12F6N2O2/c1-12(2,3)24-11(23)10(22-21)7-4-8(13(15,16)17)6-9(5-7)14(18,19)20/h4-6H,1-3H3. The van der Waals surface area contributed by atoms with Gasteiger partial charge in [-0.15, -0.1) is 0 Å². The maximum Gasteiger partial charge on any atom is 0.422 e. The Kier molecular flexibility index (Phi) is 5.15. The molecule has 0 aliphatic heterocycles. The number of hydrogen-bond acceptors (Lipinski definition) is 2. The summed E-state index contributed by atoms with van der Waals surface area (Å²) in [6.07, 6.45) is -10.2. The van der Waals surface area contributed by atoms with E-state index >= 15 is 0 Å². The number of alkyl halides is 6. The van der Waals surface area contributed by atoms with Crippen molar-refractivity contribution < 1.29 is 40.7 Å². The van der Waals surface area contributed by atoms with Crippen LogP contribution in [0.5, 0.6) is 0 Å². The predicted molar refractivity (Wildman–Crippen MR) is 70.0 cm³/mol. The van der Waals surface area contributed by atoms with Crippen LogP contribution in [0.4, 0.5) is 26.3 Å². The minimum atomic E-state index is -5.09.